The van der Waals surface area contributed by atoms with Gasteiger partial charge in [0.25, 0.3) is 0 Å². The second-order valence-corrected chi connectivity index (χ2v) is 5.84. The van der Waals surface area contributed by atoms with Crippen LogP contribution in [0.25, 0.3) is 0 Å². The lowest BCUT2D eigenvalue weighted by Crippen LogP contribution is -2.37. The van der Waals surface area contributed by atoms with Crippen LogP contribution < -0.4 is 5.73 Å². The van der Waals surface area contributed by atoms with Crippen LogP contribution in [-0.2, 0) is 0 Å². The van der Waals surface area contributed by atoms with E-state index in [1.807, 2.05) is 6.07 Å². The Kier molecular flexibility index (Phi) is 7.24. The van der Waals surface area contributed by atoms with Crippen LogP contribution >= 0.6 is 24.0 Å². The van der Waals surface area contributed by atoms with Crippen molar-refractivity contribution >= 4 is 24.0 Å². The average molecular weight is 321 g/mol. The zero-order chi connectivity index (χ0) is 13.8. The van der Waals surface area contributed by atoms with Crippen molar-refractivity contribution in [2.75, 3.05) is 19.6 Å². The van der Waals surface area contributed by atoms with Crippen LogP contribution in [0.4, 0.5) is 4.39 Å². The highest BCUT2D eigenvalue weighted by Crippen LogP contribution is 2.29. The lowest BCUT2D eigenvalue weighted by molar-refractivity contribution is 0.128. The molecule has 2 N–H and O–H groups in total. The van der Waals surface area contributed by atoms with E-state index < -0.39 is 0 Å². The van der Waals surface area contributed by atoms with Crippen molar-refractivity contribution in [3.63, 3.8) is 0 Å². The molecule has 0 bridgehead atoms. The molecule has 0 amide bonds. The maximum atomic E-state index is 13.2. The first-order valence-electron chi connectivity index (χ1n) is 7.01. The minimum Gasteiger partial charge on any atom is -0.330 e. The summed E-state index contributed by atoms with van der Waals surface area (Å²) in [5.74, 6) is 0.342. The van der Waals surface area contributed by atoms with Gasteiger partial charge in [0.05, 0.1) is 5.02 Å². The van der Waals surface area contributed by atoms with Crippen molar-refractivity contribution in [3.8, 4) is 0 Å². The summed E-state index contributed by atoms with van der Waals surface area (Å²) in [6, 6.07) is 5.31. The molecule has 2 nitrogen and oxygen atoms in total. The lowest BCUT2D eigenvalue weighted by atomic mass is 9.93. The first-order valence-corrected chi connectivity index (χ1v) is 7.38. The monoisotopic (exact) mass is 320 g/mol. The van der Waals surface area contributed by atoms with Crippen molar-refractivity contribution in [1.29, 1.82) is 0 Å². The van der Waals surface area contributed by atoms with E-state index in [9.17, 15) is 4.39 Å². The molecule has 1 fully saturated rings. The Morgan fingerprint density at radius 1 is 1.50 bits per heavy atom. The van der Waals surface area contributed by atoms with Gasteiger partial charge in [-0.15, -0.1) is 12.4 Å². The summed E-state index contributed by atoms with van der Waals surface area (Å²) in [5.41, 5.74) is 6.73. The summed E-state index contributed by atoms with van der Waals surface area (Å²) >= 11 is 5.87. The van der Waals surface area contributed by atoms with Crippen LogP contribution in [0.15, 0.2) is 18.2 Å². The highest BCUT2D eigenvalue weighted by molar-refractivity contribution is 6.30. The Balaban J connectivity index is 0.00000200. The fourth-order valence-electron chi connectivity index (χ4n) is 2.90. The van der Waals surface area contributed by atoms with Crippen molar-refractivity contribution in [1.82, 2.24) is 4.90 Å². The molecule has 1 aromatic carbocycles. The van der Waals surface area contributed by atoms with Crippen LogP contribution in [-0.4, -0.2) is 24.5 Å². The van der Waals surface area contributed by atoms with Gasteiger partial charge in [-0.05, 0) is 62.9 Å². The molecule has 1 saturated heterocycles. The summed E-state index contributed by atoms with van der Waals surface area (Å²) in [4.78, 5) is 2.45. The van der Waals surface area contributed by atoms with E-state index in [4.69, 9.17) is 17.3 Å². The number of halogens is 3. The van der Waals surface area contributed by atoms with E-state index in [-0.39, 0.29) is 29.3 Å². The summed E-state index contributed by atoms with van der Waals surface area (Å²) in [6.07, 6.45) is 3.57. The van der Waals surface area contributed by atoms with Gasteiger partial charge in [0, 0.05) is 12.6 Å². The minimum atomic E-state index is -0.350. The SMILES string of the molecule is CC(c1ccc(F)c(Cl)c1)N1CCCC(CCN)C1.Cl. The predicted octanol–water partition coefficient (Wildman–Crippen LogP) is 4.02. The number of nitrogens with two attached hydrogens (primary N) is 1. The van der Waals surface area contributed by atoms with E-state index in [2.05, 4.69) is 11.8 Å². The van der Waals surface area contributed by atoms with E-state index in [0.717, 1.165) is 31.6 Å². The van der Waals surface area contributed by atoms with Gasteiger partial charge in [-0.2, -0.15) is 0 Å². The number of rotatable bonds is 4. The quantitative estimate of drug-likeness (QED) is 0.907. The molecule has 2 atom stereocenters. The van der Waals surface area contributed by atoms with E-state index in [1.54, 1.807) is 6.07 Å². The molecular formula is C15H23Cl2FN2. The lowest BCUT2D eigenvalue weighted by Gasteiger charge is -2.37. The van der Waals surface area contributed by atoms with Crippen molar-refractivity contribution in [3.05, 3.63) is 34.6 Å². The largest absolute Gasteiger partial charge is 0.330 e. The molecule has 0 radical (unpaired) electrons. The minimum absolute atomic E-state index is 0. The molecule has 1 aliphatic heterocycles. The van der Waals surface area contributed by atoms with Gasteiger partial charge in [0.1, 0.15) is 5.82 Å². The van der Waals surface area contributed by atoms with Gasteiger partial charge < -0.3 is 5.73 Å². The molecule has 2 unspecified atom stereocenters. The Hall–Kier alpha value is -0.350. The van der Waals surface area contributed by atoms with Crippen molar-refractivity contribution < 1.29 is 4.39 Å². The number of hydrogen-bond acceptors (Lipinski definition) is 2. The Morgan fingerprint density at radius 3 is 2.90 bits per heavy atom. The normalized spacial score (nSPS) is 21.3. The topological polar surface area (TPSA) is 29.3 Å². The zero-order valence-electron chi connectivity index (χ0n) is 11.8. The third-order valence-electron chi connectivity index (χ3n) is 4.10. The molecule has 0 aliphatic carbocycles. The predicted molar refractivity (Wildman–Crippen MR) is 85.0 cm³/mol. The molecule has 0 saturated carbocycles. The summed E-state index contributed by atoms with van der Waals surface area (Å²) in [7, 11) is 0. The second-order valence-electron chi connectivity index (χ2n) is 5.43. The van der Waals surface area contributed by atoms with Gasteiger partial charge in [-0.25, -0.2) is 4.39 Å². The van der Waals surface area contributed by atoms with Gasteiger partial charge in [0.15, 0.2) is 0 Å². The van der Waals surface area contributed by atoms with Crippen LogP contribution in [0.3, 0.4) is 0 Å². The van der Waals surface area contributed by atoms with Crippen LogP contribution in [0, 0.1) is 11.7 Å². The highest BCUT2D eigenvalue weighted by Gasteiger charge is 2.24. The summed E-state index contributed by atoms with van der Waals surface area (Å²) < 4.78 is 13.2. The number of likely N-dealkylation sites (tertiary alicyclic amines) is 1. The van der Waals surface area contributed by atoms with E-state index >= 15 is 0 Å². The molecule has 1 aliphatic rings. The standard InChI is InChI=1S/C15H22ClFN2.ClH/c1-11(13-4-5-15(17)14(16)9-13)19-8-2-3-12(10-19)6-7-18;/h4-5,9,11-12H,2-3,6-8,10,18H2,1H3;1H. The number of nitrogens with zero attached hydrogens (tertiary/aromatic N) is 1. The Labute approximate surface area is 131 Å². The average Bonchev–Trinajstić information content (AvgIpc) is 2.42. The fraction of sp³-hybridized carbons (Fsp3) is 0.600. The van der Waals surface area contributed by atoms with Gasteiger partial charge >= 0.3 is 0 Å². The first-order chi connectivity index (χ1) is 9.11. The third kappa shape index (κ3) is 4.32. The Bertz CT molecular complexity index is 426. The zero-order valence-corrected chi connectivity index (χ0v) is 13.4. The van der Waals surface area contributed by atoms with E-state index in [1.165, 1.54) is 18.9 Å². The highest BCUT2D eigenvalue weighted by atomic mass is 35.5. The molecule has 0 aromatic heterocycles. The Morgan fingerprint density at radius 2 is 2.25 bits per heavy atom. The molecule has 114 valence electrons. The molecular weight excluding hydrogens is 298 g/mol. The second kappa shape index (κ2) is 8.18. The smallest absolute Gasteiger partial charge is 0.141 e. The summed E-state index contributed by atoms with van der Waals surface area (Å²) in [5, 5.41) is 0.208. The third-order valence-corrected chi connectivity index (χ3v) is 4.39. The van der Waals surface area contributed by atoms with Gasteiger partial charge in [-0.3, -0.25) is 4.90 Å². The van der Waals surface area contributed by atoms with Crippen molar-refractivity contribution in [2.45, 2.75) is 32.2 Å². The molecule has 20 heavy (non-hydrogen) atoms. The maximum absolute atomic E-state index is 13.2. The fourth-order valence-corrected chi connectivity index (χ4v) is 3.09. The molecule has 1 aromatic rings. The van der Waals surface area contributed by atoms with Crippen LogP contribution in [0.1, 0.15) is 37.8 Å². The molecule has 2 rings (SSSR count). The number of hydrogen-bond donors (Lipinski definition) is 1. The maximum Gasteiger partial charge on any atom is 0.141 e. The van der Waals surface area contributed by atoms with Crippen LogP contribution in [0.2, 0.25) is 5.02 Å². The molecule has 0 spiro atoms. The molecule has 5 heteroatoms. The summed E-state index contributed by atoms with van der Waals surface area (Å²) in [6.45, 7) is 5.09. The first kappa shape index (κ1) is 17.7. The van der Waals surface area contributed by atoms with Gasteiger partial charge in [0.2, 0.25) is 0 Å². The van der Waals surface area contributed by atoms with Crippen molar-refractivity contribution in [2.24, 2.45) is 11.7 Å². The number of benzene rings is 1. The number of piperidine rings is 1. The van der Waals surface area contributed by atoms with Crippen LogP contribution in [0.5, 0.6) is 0 Å². The van der Waals surface area contributed by atoms with Gasteiger partial charge in [-0.1, -0.05) is 17.7 Å². The molecule has 1 heterocycles. The van der Waals surface area contributed by atoms with E-state index in [0.29, 0.717) is 5.92 Å².